The highest BCUT2D eigenvalue weighted by Crippen LogP contribution is 2.06. The van der Waals surface area contributed by atoms with Gasteiger partial charge in [-0.15, -0.1) is 0 Å². The molecule has 0 heterocycles. The van der Waals surface area contributed by atoms with Crippen LogP contribution in [0.2, 0.25) is 0 Å². The average molecular weight is 282 g/mol. The minimum Gasteiger partial charge on any atom is -0.468 e. The van der Waals surface area contributed by atoms with Gasteiger partial charge in [0.2, 0.25) is 0 Å². The maximum Gasteiger partial charge on any atom is 0.407 e. The zero-order valence-corrected chi connectivity index (χ0v) is 11.8. The number of ether oxygens (including phenoxy) is 2. The highest BCUT2D eigenvalue weighted by molar-refractivity contribution is 6.13. The molecule has 0 aliphatic rings. The van der Waals surface area contributed by atoms with Gasteiger partial charge in [0, 0.05) is 6.54 Å². The summed E-state index contributed by atoms with van der Waals surface area (Å²) in [5.41, 5.74) is 1.95. The molecular formula is C10H20ClN3O4. The van der Waals surface area contributed by atoms with Gasteiger partial charge < -0.3 is 14.8 Å². The van der Waals surface area contributed by atoms with Gasteiger partial charge in [0.1, 0.15) is 11.6 Å². The smallest absolute Gasteiger partial charge is 0.407 e. The van der Waals surface area contributed by atoms with Crippen molar-refractivity contribution in [3.63, 3.8) is 0 Å². The fourth-order valence-corrected chi connectivity index (χ4v) is 1.22. The summed E-state index contributed by atoms with van der Waals surface area (Å²) in [6.45, 7) is 5.55. The van der Waals surface area contributed by atoms with Crippen molar-refractivity contribution >= 4 is 23.8 Å². The second-order valence-corrected chi connectivity index (χ2v) is 4.72. The standard InChI is InChI=1S/C10H20ClN3O4/c1-10(2,3)18-9(16)12-6-5-7(13-14-11)8(15)17-4/h7,13-14H,5-6H2,1-4H3,(H,12,16)/t7-/m0/s1. The third kappa shape index (κ3) is 8.10. The van der Waals surface area contributed by atoms with Gasteiger partial charge in [0.25, 0.3) is 0 Å². The number of hydrogen-bond donors (Lipinski definition) is 3. The monoisotopic (exact) mass is 281 g/mol. The Kier molecular flexibility index (Phi) is 7.65. The normalized spacial score (nSPS) is 12.7. The first kappa shape index (κ1) is 16.9. The predicted octanol–water partition coefficient (Wildman–Crippen LogP) is 0.691. The van der Waals surface area contributed by atoms with Crippen molar-refractivity contribution in [3.05, 3.63) is 0 Å². The number of hydrogen-bond acceptors (Lipinski definition) is 6. The number of amides is 1. The van der Waals surface area contributed by atoms with Crippen LogP contribution in [-0.2, 0) is 14.3 Å². The third-order valence-corrected chi connectivity index (χ3v) is 1.92. The van der Waals surface area contributed by atoms with Crippen LogP contribution in [0.1, 0.15) is 27.2 Å². The number of nitrogens with one attached hydrogen (secondary N) is 3. The van der Waals surface area contributed by atoms with E-state index in [9.17, 15) is 9.59 Å². The van der Waals surface area contributed by atoms with E-state index in [1.54, 1.807) is 20.8 Å². The van der Waals surface area contributed by atoms with Crippen LogP contribution in [0.4, 0.5) is 4.79 Å². The van der Waals surface area contributed by atoms with Crippen molar-refractivity contribution in [3.8, 4) is 0 Å². The zero-order chi connectivity index (χ0) is 14.2. The van der Waals surface area contributed by atoms with Crippen LogP contribution in [-0.4, -0.2) is 37.4 Å². The number of hydrazine groups is 1. The van der Waals surface area contributed by atoms with Gasteiger partial charge in [-0.2, -0.15) is 4.94 Å². The Morgan fingerprint density at radius 1 is 1.33 bits per heavy atom. The molecule has 0 unspecified atom stereocenters. The molecule has 8 heteroatoms. The topological polar surface area (TPSA) is 88.7 Å². The van der Waals surface area contributed by atoms with E-state index < -0.39 is 23.7 Å². The van der Waals surface area contributed by atoms with Crippen molar-refractivity contribution in [2.75, 3.05) is 13.7 Å². The molecule has 106 valence electrons. The first-order valence-corrected chi connectivity index (χ1v) is 5.83. The van der Waals surface area contributed by atoms with Crippen molar-refractivity contribution in [2.45, 2.75) is 38.8 Å². The first-order chi connectivity index (χ1) is 8.30. The van der Waals surface area contributed by atoms with E-state index in [-0.39, 0.29) is 6.54 Å². The van der Waals surface area contributed by atoms with Gasteiger partial charge in [-0.25, -0.2) is 10.2 Å². The van der Waals surface area contributed by atoms with Crippen molar-refractivity contribution in [2.24, 2.45) is 0 Å². The summed E-state index contributed by atoms with van der Waals surface area (Å²) in [5.74, 6) is -0.478. The lowest BCUT2D eigenvalue weighted by Crippen LogP contribution is -2.44. The summed E-state index contributed by atoms with van der Waals surface area (Å²) in [6, 6.07) is -0.651. The lowest BCUT2D eigenvalue weighted by molar-refractivity contribution is -0.143. The van der Waals surface area contributed by atoms with E-state index >= 15 is 0 Å². The number of carbonyl (C=O) groups excluding carboxylic acids is 2. The molecule has 0 aromatic rings. The summed E-state index contributed by atoms with van der Waals surface area (Å²) < 4.78 is 9.60. The third-order valence-electron chi connectivity index (χ3n) is 1.82. The Bertz CT molecular complexity index is 281. The molecule has 1 atom stereocenters. The van der Waals surface area contributed by atoms with Crippen LogP contribution < -0.4 is 15.7 Å². The van der Waals surface area contributed by atoms with E-state index in [0.717, 1.165) is 0 Å². The number of carbonyl (C=O) groups is 2. The summed E-state index contributed by atoms with van der Waals surface area (Å²) >= 11 is 5.24. The van der Waals surface area contributed by atoms with Gasteiger partial charge in [0.15, 0.2) is 0 Å². The van der Waals surface area contributed by atoms with Gasteiger partial charge in [-0.1, -0.05) is 0 Å². The number of alkyl carbamates (subject to hydrolysis) is 1. The van der Waals surface area contributed by atoms with Crippen molar-refractivity contribution in [1.82, 2.24) is 15.7 Å². The van der Waals surface area contributed by atoms with Gasteiger partial charge in [0.05, 0.1) is 7.11 Å². The van der Waals surface area contributed by atoms with Crippen LogP contribution in [0.5, 0.6) is 0 Å². The van der Waals surface area contributed by atoms with Crippen molar-refractivity contribution < 1.29 is 19.1 Å². The lowest BCUT2D eigenvalue weighted by Gasteiger charge is -2.20. The minimum atomic E-state index is -0.651. The molecular weight excluding hydrogens is 262 g/mol. The molecule has 1 amide bonds. The number of halogens is 1. The maximum atomic E-state index is 11.3. The Hall–Kier alpha value is -1.05. The summed E-state index contributed by atoms with van der Waals surface area (Å²) in [4.78, 5) is 24.7. The van der Waals surface area contributed by atoms with Crippen LogP contribution in [0.15, 0.2) is 0 Å². The van der Waals surface area contributed by atoms with Gasteiger partial charge >= 0.3 is 12.1 Å². The molecule has 0 aliphatic carbocycles. The minimum absolute atomic E-state index is 0.250. The fraction of sp³-hybridized carbons (Fsp3) is 0.800. The molecule has 0 saturated heterocycles. The SMILES string of the molecule is COC(=O)[C@H](CCNC(=O)OC(C)(C)C)NNCl. The van der Waals surface area contributed by atoms with Gasteiger partial charge in [-0.3, -0.25) is 4.79 Å². The highest BCUT2D eigenvalue weighted by atomic mass is 35.5. The van der Waals surface area contributed by atoms with E-state index in [1.807, 2.05) is 0 Å². The molecule has 0 radical (unpaired) electrons. The van der Waals surface area contributed by atoms with E-state index in [2.05, 4.69) is 20.4 Å². The molecule has 0 saturated carbocycles. The molecule has 0 rings (SSSR count). The number of rotatable bonds is 6. The second kappa shape index (κ2) is 8.12. The van der Waals surface area contributed by atoms with Crippen LogP contribution >= 0.6 is 11.8 Å². The average Bonchev–Trinajstić information content (AvgIpc) is 2.24. The Morgan fingerprint density at radius 3 is 2.39 bits per heavy atom. The summed E-state index contributed by atoms with van der Waals surface area (Å²) in [5, 5.41) is 2.53. The summed E-state index contributed by atoms with van der Waals surface area (Å²) in [6.07, 6.45) is -0.226. The largest absolute Gasteiger partial charge is 0.468 e. The summed E-state index contributed by atoms with van der Waals surface area (Å²) in [7, 11) is 1.27. The molecule has 18 heavy (non-hydrogen) atoms. The molecule has 0 fully saturated rings. The van der Waals surface area contributed by atoms with E-state index in [1.165, 1.54) is 7.11 Å². The lowest BCUT2D eigenvalue weighted by atomic mass is 10.2. The number of methoxy groups -OCH3 is 1. The molecule has 0 bridgehead atoms. The molecule has 0 spiro atoms. The zero-order valence-electron chi connectivity index (χ0n) is 11.0. The van der Waals surface area contributed by atoms with E-state index in [0.29, 0.717) is 6.42 Å². The molecule has 3 N–H and O–H groups in total. The Balaban J connectivity index is 3.99. The predicted molar refractivity (Wildman–Crippen MR) is 66.8 cm³/mol. The molecule has 0 aromatic carbocycles. The van der Waals surface area contributed by atoms with Crippen LogP contribution in [0.25, 0.3) is 0 Å². The molecule has 0 aliphatic heterocycles. The van der Waals surface area contributed by atoms with Crippen LogP contribution in [0, 0.1) is 0 Å². The van der Waals surface area contributed by atoms with Gasteiger partial charge in [-0.05, 0) is 39.0 Å². The first-order valence-electron chi connectivity index (χ1n) is 5.46. The Morgan fingerprint density at radius 2 is 1.94 bits per heavy atom. The maximum absolute atomic E-state index is 11.3. The van der Waals surface area contributed by atoms with Crippen molar-refractivity contribution in [1.29, 1.82) is 0 Å². The van der Waals surface area contributed by atoms with E-state index in [4.69, 9.17) is 16.5 Å². The Labute approximate surface area is 112 Å². The van der Waals surface area contributed by atoms with Crippen LogP contribution in [0.3, 0.4) is 0 Å². The fourth-order valence-electron chi connectivity index (χ4n) is 1.09. The highest BCUT2D eigenvalue weighted by Gasteiger charge is 2.20. The molecule has 7 nitrogen and oxygen atoms in total. The number of esters is 1. The quantitative estimate of drug-likeness (QED) is 0.377. The second-order valence-electron chi connectivity index (χ2n) is 4.53. The molecule has 0 aromatic heterocycles.